The number of halogens is 1. The van der Waals surface area contributed by atoms with Gasteiger partial charge in [0.25, 0.3) is 0 Å². The van der Waals surface area contributed by atoms with Crippen LogP contribution in [0.1, 0.15) is 24.9 Å². The first-order valence-electron chi connectivity index (χ1n) is 7.46. The van der Waals surface area contributed by atoms with E-state index in [-0.39, 0.29) is 5.82 Å². The number of anilines is 1. The van der Waals surface area contributed by atoms with Crippen molar-refractivity contribution in [3.05, 3.63) is 66.0 Å². The third kappa shape index (κ3) is 4.30. The molecule has 3 heteroatoms. The molecular formula is C18H23FN2. The van der Waals surface area contributed by atoms with Gasteiger partial charge in [0.05, 0.1) is 5.69 Å². The lowest BCUT2D eigenvalue weighted by atomic mass is 10.0. The summed E-state index contributed by atoms with van der Waals surface area (Å²) in [5.41, 5.74) is 1.93. The Morgan fingerprint density at radius 1 is 1.05 bits per heavy atom. The fourth-order valence-corrected chi connectivity index (χ4v) is 2.52. The molecule has 0 amide bonds. The van der Waals surface area contributed by atoms with Gasteiger partial charge < -0.3 is 10.2 Å². The number of benzene rings is 2. The molecule has 2 rings (SSSR count). The first-order valence-corrected chi connectivity index (χ1v) is 7.46. The van der Waals surface area contributed by atoms with Gasteiger partial charge in [-0.3, -0.25) is 0 Å². The van der Waals surface area contributed by atoms with Crippen LogP contribution < -0.4 is 10.2 Å². The molecule has 2 aromatic carbocycles. The first kappa shape index (κ1) is 15.5. The number of rotatable bonds is 7. The van der Waals surface area contributed by atoms with Gasteiger partial charge in [0.1, 0.15) is 5.82 Å². The van der Waals surface area contributed by atoms with Crippen molar-refractivity contribution in [1.29, 1.82) is 0 Å². The highest BCUT2D eigenvalue weighted by Crippen LogP contribution is 2.21. The molecule has 0 spiro atoms. The minimum absolute atomic E-state index is 0.167. The molecule has 1 unspecified atom stereocenters. The average Bonchev–Trinajstić information content (AvgIpc) is 2.52. The van der Waals surface area contributed by atoms with E-state index in [1.54, 1.807) is 6.07 Å². The molecule has 0 aliphatic carbocycles. The van der Waals surface area contributed by atoms with Crippen LogP contribution in [-0.4, -0.2) is 20.1 Å². The highest BCUT2D eigenvalue weighted by Gasteiger charge is 2.12. The van der Waals surface area contributed by atoms with Crippen molar-refractivity contribution in [1.82, 2.24) is 5.32 Å². The summed E-state index contributed by atoms with van der Waals surface area (Å²) in [6.07, 6.45) is 0.933. The second-order valence-corrected chi connectivity index (χ2v) is 5.18. The molecule has 0 aliphatic rings. The van der Waals surface area contributed by atoms with Crippen LogP contribution in [-0.2, 0) is 0 Å². The van der Waals surface area contributed by atoms with Gasteiger partial charge in [-0.1, -0.05) is 49.4 Å². The lowest BCUT2D eigenvalue weighted by molar-refractivity contribution is 0.514. The van der Waals surface area contributed by atoms with Crippen molar-refractivity contribution in [3.8, 4) is 0 Å². The zero-order valence-electron chi connectivity index (χ0n) is 12.7. The van der Waals surface area contributed by atoms with E-state index in [4.69, 9.17) is 0 Å². The summed E-state index contributed by atoms with van der Waals surface area (Å²) in [6.45, 7) is 3.83. The Kier molecular flexibility index (Phi) is 5.76. The van der Waals surface area contributed by atoms with Crippen molar-refractivity contribution in [2.75, 3.05) is 25.0 Å². The molecule has 0 aromatic heterocycles. The molecule has 2 nitrogen and oxygen atoms in total. The van der Waals surface area contributed by atoms with Crippen molar-refractivity contribution >= 4 is 5.69 Å². The highest BCUT2D eigenvalue weighted by molar-refractivity contribution is 5.46. The molecule has 0 radical (unpaired) electrons. The van der Waals surface area contributed by atoms with Gasteiger partial charge in [-0.2, -0.15) is 0 Å². The third-order valence-corrected chi connectivity index (χ3v) is 3.67. The molecule has 21 heavy (non-hydrogen) atoms. The SMILES string of the molecule is CCNC(CCN(C)c1ccccc1F)c1ccccc1. The Labute approximate surface area is 126 Å². The second kappa shape index (κ2) is 7.79. The van der Waals surface area contributed by atoms with E-state index in [0.717, 1.165) is 19.5 Å². The van der Waals surface area contributed by atoms with E-state index in [0.29, 0.717) is 11.7 Å². The van der Waals surface area contributed by atoms with Crippen LogP contribution in [0.4, 0.5) is 10.1 Å². The molecule has 2 aromatic rings. The van der Waals surface area contributed by atoms with E-state index in [9.17, 15) is 4.39 Å². The number of para-hydroxylation sites is 1. The maximum atomic E-state index is 13.8. The molecule has 0 bridgehead atoms. The summed E-state index contributed by atoms with van der Waals surface area (Å²) < 4.78 is 13.8. The monoisotopic (exact) mass is 286 g/mol. The van der Waals surface area contributed by atoms with Crippen LogP contribution in [0.15, 0.2) is 54.6 Å². The minimum Gasteiger partial charge on any atom is -0.372 e. The normalized spacial score (nSPS) is 12.1. The van der Waals surface area contributed by atoms with Crippen LogP contribution >= 0.6 is 0 Å². The van der Waals surface area contributed by atoms with Gasteiger partial charge in [-0.25, -0.2) is 4.39 Å². The number of nitrogens with zero attached hydrogens (tertiary/aromatic N) is 1. The van der Waals surface area contributed by atoms with Gasteiger partial charge in [-0.15, -0.1) is 0 Å². The molecule has 0 saturated carbocycles. The summed E-state index contributed by atoms with van der Waals surface area (Å²) in [6, 6.07) is 17.6. The standard InChI is InChI=1S/C18H23FN2/c1-3-20-17(15-9-5-4-6-10-15)13-14-21(2)18-12-8-7-11-16(18)19/h4-12,17,20H,3,13-14H2,1-2H3. The number of hydrogen-bond acceptors (Lipinski definition) is 2. The van der Waals surface area contributed by atoms with Gasteiger partial charge in [-0.05, 0) is 30.7 Å². The lowest BCUT2D eigenvalue weighted by Gasteiger charge is -2.24. The molecule has 1 N–H and O–H groups in total. The Morgan fingerprint density at radius 3 is 2.38 bits per heavy atom. The maximum absolute atomic E-state index is 13.8. The zero-order chi connectivity index (χ0) is 15.1. The second-order valence-electron chi connectivity index (χ2n) is 5.18. The quantitative estimate of drug-likeness (QED) is 0.827. The van der Waals surface area contributed by atoms with Crippen molar-refractivity contribution in [3.63, 3.8) is 0 Å². The van der Waals surface area contributed by atoms with Crippen LogP contribution in [0, 0.1) is 5.82 Å². The first-order chi connectivity index (χ1) is 10.2. The minimum atomic E-state index is -0.167. The fraction of sp³-hybridized carbons (Fsp3) is 0.333. The van der Waals surface area contributed by atoms with Gasteiger partial charge >= 0.3 is 0 Å². The Hall–Kier alpha value is -1.87. The summed E-state index contributed by atoms with van der Waals surface area (Å²) in [7, 11) is 1.94. The van der Waals surface area contributed by atoms with E-state index in [2.05, 4.69) is 36.5 Å². The van der Waals surface area contributed by atoms with E-state index in [1.165, 1.54) is 11.6 Å². The molecule has 0 heterocycles. The van der Waals surface area contributed by atoms with Gasteiger partial charge in [0, 0.05) is 19.6 Å². The van der Waals surface area contributed by atoms with Crippen molar-refractivity contribution in [2.45, 2.75) is 19.4 Å². The fourth-order valence-electron chi connectivity index (χ4n) is 2.52. The number of nitrogens with one attached hydrogen (secondary N) is 1. The largest absolute Gasteiger partial charge is 0.372 e. The van der Waals surface area contributed by atoms with E-state index < -0.39 is 0 Å². The predicted octanol–water partition coefficient (Wildman–Crippen LogP) is 4.00. The molecule has 0 fully saturated rings. The van der Waals surface area contributed by atoms with Crippen LogP contribution in [0.2, 0.25) is 0 Å². The van der Waals surface area contributed by atoms with Crippen LogP contribution in [0.25, 0.3) is 0 Å². The predicted molar refractivity (Wildman–Crippen MR) is 87.1 cm³/mol. The third-order valence-electron chi connectivity index (χ3n) is 3.67. The van der Waals surface area contributed by atoms with Gasteiger partial charge in [0.15, 0.2) is 0 Å². The molecular weight excluding hydrogens is 263 g/mol. The summed E-state index contributed by atoms with van der Waals surface area (Å²) in [4.78, 5) is 1.97. The van der Waals surface area contributed by atoms with Crippen molar-refractivity contribution in [2.24, 2.45) is 0 Å². The lowest BCUT2D eigenvalue weighted by Crippen LogP contribution is -2.27. The maximum Gasteiger partial charge on any atom is 0.146 e. The topological polar surface area (TPSA) is 15.3 Å². The Balaban J connectivity index is 2.00. The molecule has 0 saturated heterocycles. The summed E-state index contributed by atoms with van der Waals surface area (Å²) in [5.74, 6) is -0.167. The van der Waals surface area contributed by atoms with Crippen molar-refractivity contribution < 1.29 is 4.39 Å². The molecule has 0 aliphatic heterocycles. The Morgan fingerprint density at radius 2 is 1.71 bits per heavy atom. The zero-order valence-corrected chi connectivity index (χ0v) is 12.7. The van der Waals surface area contributed by atoms with Gasteiger partial charge in [0.2, 0.25) is 0 Å². The number of hydrogen-bond donors (Lipinski definition) is 1. The van der Waals surface area contributed by atoms with E-state index in [1.807, 2.05) is 30.1 Å². The molecule has 1 atom stereocenters. The highest BCUT2D eigenvalue weighted by atomic mass is 19.1. The Bertz CT molecular complexity index is 542. The summed E-state index contributed by atoms with van der Waals surface area (Å²) >= 11 is 0. The van der Waals surface area contributed by atoms with Crippen LogP contribution in [0.3, 0.4) is 0 Å². The average molecular weight is 286 g/mol. The van der Waals surface area contributed by atoms with E-state index >= 15 is 0 Å². The molecule has 112 valence electrons. The summed E-state index contributed by atoms with van der Waals surface area (Å²) in [5, 5.41) is 3.50. The van der Waals surface area contributed by atoms with Crippen LogP contribution in [0.5, 0.6) is 0 Å². The smallest absolute Gasteiger partial charge is 0.146 e.